The summed E-state index contributed by atoms with van der Waals surface area (Å²) in [6, 6.07) is -0.00144. The number of sulfonamides is 1. The van der Waals surface area contributed by atoms with E-state index >= 15 is 0 Å². The highest BCUT2D eigenvalue weighted by molar-refractivity contribution is 7.89. The number of rotatable bonds is 5. The Labute approximate surface area is 156 Å². The SMILES string of the molecule is C=CCS(=O)(=O)N1CCC(NC(=O)NC23CC4CC(CC(C4)C2)C3)CC1. The minimum atomic E-state index is -3.23. The van der Waals surface area contributed by atoms with Crippen molar-refractivity contribution < 1.29 is 13.2 Å². The monoisotopic (exact) mass is 381 g/mol. The molecule has 6 nitrogen and oxygen atoms in total. The average molecular weight is 382 g/mol. The first kappa shape index (κ1) is 18.3. The van der Waals surface area contributed by atoms with Gasteiger partial charge in [0.1, 0.15) is 0 Å². The summed E-state index contributed by atoms with van der Waals surface area (Å²) in [6.07, 6.45) is 10.3. The van der Waals surface area contributed by atoms with Crippen molar-refractivity contribution in [3.05, 3.63) is 12.7 Å². The predicted octanol–water partition coefficient (Wildman–Crippen LogP) is 2.23. The van der Waals surface area contributed by atoms with Crippen LogP contribution in [0.2, 0.25) is 0 Å². The van der Waals surface area contributed by atoms with Crippen molar-refractivity contribution in [1.82, 2.24) is 14.9 Å². The van der Waals surface area contributed by atoms with Crippen molar-refractivity contribution in [2.45, 2.75) is 62.9 Å². The normalized spacial score (nSPS) is 37.5. The van der Waals surface area contributed by atoms with Gasteiger partial charge < -0.3 is 10.6 Å². The van der Waals surface area contributed by atoms with E-state index < -0.39 is 10.0 Å². The summed E-state index contributed by atoms with van der Waals surface area (Å²) < 4.78 is 25.7. The maximum Gasteiger partial charge on any atom is 0.315 e. The zero-order valence-electron chi connectivity index (χ0n) is 15.5. The van der Waals surface area contributed by atoms with Gasteiger partial charge in [-0.25, -0.2) is 17.5 Å². The zero-order chi connectivity index (χ0) is 18.4. The van der Waals surface area contributed by atoms with Crippen LogP contribution in [0.5, 0.6) is 0 Å². The summed E-state index contributed by atoms with van der Waals surface area (Å²) in [5.41, 5.74) is 0.0207. The van der Waals surface area contributed by atoms with E-state index in [-0.39, 0.29) is 23.4 Å². The molecule has 0 aromatic heterocycles. The second-order valence-corrected chi connectivity index (χ2v) is 11.1. The van der Waals surface area contributed by atoms with Gasteiger partial charge in [0, 0.05) is 24.7 Å². The molecule has 1 heterocycles. The van der Waals surface area contributed by atoms with E-state index in [1.54, 1.807) is 0 Å². The van der Waals surface area contributed by atoms with Crippen LogP contribution in [0.4, 0.5) is 4.79 Å². The van der Waals surface area contributed by atoms with Crippen LogP contribution in [-0.2, 0) is 10.0 Å². The van der Waals surface area contributed by atoms with Crippen LogP contribution < -0.4 is 10.6 Å². The number of hydrogen-bond acceptors (Lipinski definition) is 3. The molecule has 7 heteroatoms. The number of amides is 2. The molecule has 0 aromatic carbocycles. The van der Waals surface area contributed by atoms with E-state index in [4.69, 9.17) is 0 Å². The summed E-state index contributed by atoms with van der Waals surface area (Å²) in [7, 11) is -3.23. The number of urea groups is 1. The van der Waals surface area contributed by atoms with Gasteiger partial charge in [-0.15, -0.1) is 6.58 Å². The van der Waals surface area contributed by atoms with Gasteiger partial charge in [-0.1, -0.05) is 6.08 Å². The quantitative estimate of drug-likeness (QED) is 0.717. The topological polar surface area (TPSA) is 78.5 Å². The predicted molar refractivity (Wildman–Crippen MR) is 101 cm³/mol. The third kappa shape index (κ3) is 3.65. The second-order valence-electron chi connectivity index (χ2n) is 9.04. The lowest BCUT2D eigenvalue weighted by atomic mass is 9.53. The van der Waals surface area contributed by atoms with E-state index in [9.17, 15) is 13.2 Å². The molecular formula is C19H31N3O3S. The first-order valence-electron chi connectivity index (χ1n) is 10.0. The summed E-state index contributed by atoms with van der Waals surface area (Å²) >= 11 is 0. The summed E-state index contributed by atoms with van der Waals surface area (Å²) in [4.78, 5) is 12.6. The van der Waals surface area contributed by atoms with E-state index in [1.807, 2.05) is 0 Å². The van der Waals surface area contributed by atoms with Gasteiger partial charge in [0.05, 0.1) is 5.75 Å². The zero-order valence-corrected chi connectivity index (χ0v) is 16.3. The van der Waals surface area contributed by atoms with Gasteiger partial charge in [0.25, 0.3) is 0 Å². The maximum atomic E-state index is 12.6. The number of hydrogen-bond donors (Lipinski definition) is 2. The molecule has 1 aliphatic heterocycles. The molecular weight excluding hydrogens is 350 g/mol. The molecule has 0 radical (unpaired) electrons. The van der Waals surface area contributed by atoms with E-state index in [1.165, 1.54) is 29.6 Å². The van der Waals surface area contributed by atoms with Gasteiger partial charge in [-0.05, 0) is 69.1 Å². The van der Waals surface area contributed by atoms with Gasteiger partial charge in [-0.2, -0.15) is 0 Å². The molecule has 2 amide bonds. The Morgan fingerprint density at radius 1 is 1.08 bits per heavy atom. The molecule has 0 atom stereocenters. The molecule has 5 rings (SSSR count). The molecule has 0 spiro atoms. The highest BCUT2D eigenvalue weighted by atomic mass is 32.2. The van der Waals surface area contributed by atoms with Crippen LogP contribution in [0.3, 0.4) is 0 Å². The van der Waals surface area contributed by atoms with Crippen LogP contribution >= 0.6 is 0 Å². The van der Waals surface area contributed by atoms with Gasteiger partial charge in [0.15, 0.2) is 0 Å². The Morgan fingerprint density at radius 3 is 2.12 bits per heavy atom. The standard InChI is InChI=1S/C19H31N3O3S/c1-2-7-26(24,25)22-5-3-17(4-6-22)20-18(23)21-19-11-14-8-15(12-19)10-16(9-14)13-19/h2,14-17H,1,3-13H2,(H2,20,21,23). The number of carbonyl (C=O) groups is 1. The molecule has 4 saturated carbocycles. The molecule has 4 bridgehead atoms. The first-order chi connectivity index (χ1) is 12.4. The molecule has 4 aliphatic carbocycles. The van der Waals surface area contributed by atoms with Crippen LogP contribution in [0.15, 0.2) is 12.7 Å². The highest BCUT2D eigenvalue weighted by Crippen LogP contribution is 2.55. The Morgan fingerprint density at radius 2 is 1.62 bits per heavy atom. The lowest BCUT2D eigenvalue weighted by molar-refractivity contribution is -0.0137. The Bertz CT molecular complexity index is 632. The fourth-order valence-corrected chi connectivity index (χ4v) is 7.53. The van der Waals surface area contributed by atoms with Gasteiger partial charge >= 0.3 is 6.03 Å². The lowest BCUT2D eigenvalue weighted by Gasteiger charge is -2.56. The van der Waals surface area contributed by atoms with Crippen molar-refractivity contribution in [3.8, 4) is 0 Å². The van der Waals surface area contributed by atoms with Crippen molar-refractivity contribution in [3.63, 3.8) is 0 Å². The van der Waals surface area contributed by atoms with Crippen molar-refractivity contribution in [2.75, 3.05) is 18.8 Å². The maximum absolute atomic E-state index is 12.6. The summed E-state index contributed by atoms with van der Waals surface area (Å²) in [5.74, 6) is 2.40. The summed E-state index contributed by atoms with van der Waals surface area (Å²) in [6.45, 7) is 4.45. The molecule has 2 N–H and O–H groups in total. The molecule has 0 aromatic rings. The third-order valence-corrected chi connectivity index (χ3v) is 8.74. The van der Waals surface area contributed by atoms with Gasteiger partial charge in [-0.3, -0.25) is 0 Å². The fourth-order valence-electron chi connectivity index (χ4n) is 6.26. The fraction of sp³-hybridized carbons (Fsp3) is 0.842. The highest BCUT2D eigenvalue weighted by Gasteiger charge is 2.51. The summed E-state index contributed by atoms with van der Waals surface area (Å²) in [5, 5.41) is 6.44. The van der Waals surface area contributed by atoms with Crippen molar-refractivity contribution >= 4 is 16.1 Å². The van der Waals surface area contributed by atoms with Gasteiger partial charge in [0.2, 0.25) is 10.0 Å². The third-order valence-electron chi connectivity index (χ3n) is 6.93. The first-order valence-corrected chi connectivity index (χ1v) is 11.7. The van der Waals surface area contributed by atoms with Crippen LogP contribution in [-0.4, -0.2) is 49.2 Å². The second kappa shape index (κ2) is 6.82. The minimum Gasteiger partial charge on any atom is -0.335 e. The number of nitrogens with one attached hydrogen (secondary N) is 2. The van der Waals surface area contributed by atoms with E-state index in [0.717, 1.165) is 37.0 Å². The smallest absolute Gasteiger partial charge is 0.315 e. The molecule has 26 heavy (non-hydrogen) atoms. The van der Waals surface area contributed by atoms with E-state index in [2.05, 4.69) is 17.2 Å². The molecule has 5 aliphatic rings. The average Bonchev–Trinajstić information content (AvgIpc) is 2.53. The largest absolute Gasteiger partial charge is 0.335 e. The lowest BCUT2D eigenvalue weighted by Crippen LogP contribution is -2.62. The number of piperidine rings is 1. The van der Waals surface area contributed by atoms with Crippen molar-refractivity contribution in [1.29, 1.82) is 0 Å². The Kier molecular flexibility index (Phi) is 4.80. The number of nitrogens with zero attached hydrogens (tertiary/aromatic N) is 1. The van der Waals surface area contributed by atoms with Crippen LogP contribution in [0.1, 0.15) is 51.4 Å². The molecule has 146 valence electrons. The molecule has 0 unspecified atom stereocenters. The van der Waals surface area contributed by atoms with Crippen LogP contribution in [0, 0.1) is 17.8 Å². The molecule has 5 fully saturated rings. The minimum absolute atomic E-state index is 0.0163. The van der Waals surface area contributed by atoms with Crippen molar-refractivity contribution in [2.24, 2.45) is 17.8 Å². The Balaban J connectivity index is 1.28. The van der Waals surface area contributed by atoms with E-state index in [0.29, 0.717) is 25.9 Å². The van der Waals surface area contributed by atoms with Crippen LogP contribution in [0.25, 0.3) is 0 Å². The number of carbonyl (C=O) groups excluding carboxylic acids is 1. The Hall–Kier alpha value is -1.08. The molecule has 1 saturated heterocycles.